The molecule has 1 saturated carbocycles. The van der Waals surface area contributed by atoms with Crippen molar-refractivity contribution < 1.29 is 9.53 Å². The second-order valence-corrected chi connectivity index (χ2v) is 5.81. The minimum Gasteiger partial charge on any atom is -0.463 e. The summed E-state index contributed by atoms with van der Waals surface area (Å²) in [5.41, 5.74) is 8.90. The van der Waals surface area contributed by atoms with Gasteiger partial charge in [-0.25, -0.2) is 9.78 Å². The Kier molecular flexibility index (Phi) is 3.98. The molecule has 1 aromatic carbocycles. The molecular weight excluding hydrogens is 278 g/mol. The highest BCUT2D eigenvalue weighted by Crippen LogP contribution is 2.35. The largest absolute Gasteiger partial charge is 0.463 e. The fourth-order valence-corrected chi connectivity index (χ4v) is 2.96. The summed E-state index contributed by atoms with van der Waals surface area (Å²) in [7, 11) is 0. The third kappa shape index (κ3) is 2.90. The fourth-order valence-electron chi connectivity index (χ4n) is 2.96. The summed E-state index contributed by atoms with van der Waals surface area (Å²) < 4.78 is 4.87. The molecule has 3 N–H and O–H groups in total. The summed E-state index contributed by atoms with van der Waals surface area (Å²) in [5, 5.41) is 0. The molecule has 0 unspecified atom stereocenters. The average Bonchev–Trinajstić information content (AvgIpc) is 3.12. The van der Waals surface area contributed by atoms with Gasteiger partial charge in [-0.05, 0) is 43.5 Å². The Morgan fingerprint density at radius 3 is 2.95 bits per heavy atom. The number of carbonyl (C=O) groups is 1. The van der Waals surface area contributed by atoms with Crippen molar-refractivity contribution >= 4 is 23.1 Å². The molecule has 1 heterocycles. The van der Waals surface area contributed by atoms with Crippen molar-refractivity contribution in [3.05, 3.63) is 35.7 Å². The standard InChI is InChI=1S/C17H21N3O2/c1-2-22-15(21)8-6-12-5-7-13-14(11-12)20-16(19-13)17(18)9-3-4-10-17/h5-8,11H,2-4,9-10,18H2,1H3,(H,19,20)/b8-6-. The van der Waals surface area contributed by atoms with Gasteiger partial charge in [0, 0.05) is 6.08 Å². The maximum Gasteiger partial charge on any atom is 0.330 e. The number of hydrogen-bond acceptors (Lipinski definition) is 4. The van der Waals surface area contributed by atoms with E-state index in [1.165, 1.54) is 6.08 Å². The fraction of sp³-hybridized carbons (Fsp3) is 0.412. The Labute approximate surface area is 129 Å². The lowest BCUT2D eigenvalue weighted by atomic mass is 9.99. The molecule has 3 rings (SSSR count). The summed E-state index contributed by atoms with van der Waals surface area (Å²) in [4.78, 5) is 19.3. The van der Waals surface area contributed by atoms with E-state index in [1.54, 1.807) is 13.0 Å². The smallest absolute Gasteiger partial charge is 0.330 e. The summed E-state index contributed by atoms with van der Waals surface area (Å²) in [6.45, 7) is 2.17. The van der Waals surface area contributed by atoms with E-state index in [2.05, 4.69) is 9.97 Å². The predicted molar refractivity (Wildman–Crippen MR) is 86.1 cm³/mol. The number of nitrogens with one attached hydrogen (secondary N) is 1. The number of imidazole rings is 1. The summed E-state index contributed by atoms with van der Waals surface area (Å²) >= 11 is 0. The van der Waals surface area contributed by atoms with Crippen LogP contribution in [-0.4, -0.2) is 22.5 Å². The number of ether oxygens (including phenoxy) is 1. The monoisotopic (exact) mass is 299 g/mol. The molecule has 5 heteroatoms. The first-order valence-electron chi connectivity index (χ1n) is 7.75. The summed E-state index contributed by atoms with van der Waals surface area (Å²) in [5.74, 6) is 0.534. The normalized spacial score (nSPS) is 17.4. The molecule has 0 bridgehead atoms. The highest BCUT2D eigenvalue weighted by atomic mass is 16.5. The number of carbonyl (C=O) groups excluding carboxylic acids is 1. The quantitative estimate of drug-likeness (QED) is 0.672. The zero-order chi connectivity index (χ0) is 15.6. The Morgan fingerprint density at radius 2 is 2.23 bits per heavy atom. The Balaban J connectivity index is 1.86. The second-order valence-electron chi connectivity index (χ2n) is 5.81. The maximum atomic E-state index is 11.4. The lowest BCUT2D eigenvalue weighted by Crippen LogP contribution is -2.34. The molecule has 1 aliphatic rings. The molecule has 22 heavy (non-hydrogen) atoms. The molecule has 2 aromatic rings. The minimum absolute atomic E-state index is 0.319. The van der Waals surface area contributed by atoms with E-state index in [1.807, 2.05) is 18.2 Å². The number of hydrogen-bond donors (Lipinski definition) is 2. The van der Waals surface area contributed by atoms with E-state index in [9.17, 15) is 4.79 Å². The third-order valence-corrected chi connectivity index (χ3v) is 4.17. The number of aromatic nitrogens is 2. The first-order chi connectivity index (χ1) is 10.6. The number of rotatable bonds is 4. The molecule has 1 aliphatic carbocycles. The first-order valence-corrected chi connectivity index (χ1v) is 7.75. The number of benzene rings is 1. The van der Waals surface area contributed by atoms with Gasteiger partial charge in [-0.15, -0.1) is 0 Å². The molecule has 0 aliphatic heterocycles. The van der Waals surface area contributed by atoms with Crippen LogP contribution in [0, 0.1) is 0 Å². The van der Waals surface area contributed by atoms with Crippen molar-refractivity contribution in [2.75, 3.05) is 6.61 Å². The molecule has 0 radical (unpaired) electrons. The van der Waals surface area contributed by atoms with Gasteiger partial charge in [0.1, 0.15) is 5.82 Å². The van der Waals surface area contributed by atoms with Gasteiger partial charge in [0.05, 0.1) is 23.2 Å². The number of nitrogens with zero attached hydrogens (tertiary/aromatic N) is 1. The van der Waals surface area contributed by atoms with Crippen LogP contribution in [0.1, 0.15) is 44.0 Å². The Bertz CT molecular complexity index is 712. The number of H-pyrrole nitrogens is 1. The van der Waals surface area contributed by atoms with Crippen LogP contribution in [0.5, 0.6) is 0 Å². The lowest BCUT2D eigenvalue weighted by Gasteiger charge is -2.19. The van der Waals surface area contributed by atoms with Crippen molar-refractivity contribution in [2.24, 2.45) is 5.73 Å². The van der Waals surface area contributed by atoms with Gasteiger partial charge in [0.15, 0.2) is 0 Å². The van der Waals surface area contributed by atoms with Crippen molar-refractivity contribution in [2.45, 2.75) is 38.1 Å². The van der Waals surface area contributed by atoms with Crippen molar-refractivity contribution in [1.29, 1.82) is 0 Å². The van der Waals surface area contributed by atoms with Gasteiger partial charge < -0.3 is 15.5 Å². The molecule has 1 fully saturated rings. The van der Waals surface area contributed by atoms with Crippen molar-refractivity contribution in [3.63, 3.8) is 0 Å². The van der Waals surface area contributed by atoms with E-state index < -0.39 is 0 Å². The first kappa shape index (κ1) is 14.8. The van der Waals surface area contributed by atoms with E-state index >= 15 is 0 Å². The molecular formula is C17H21N3O2. The van der Waals surface area contributed by atoms with Gasteiger partial charge in [0.2, 0.25) is 0 Å². The summed E-state index contributed by atoms with van der Waals surface area (Å²) in [6.07, 6.45) is 7.43. The van der Waals surface area contributed by atoms with Gasteiger partial charge in [-0.2, -0.15) is 0 Å². The zero-order valence-electron chi connectivity index (χ0n) is 12.8. The van der Waals surface area contributed by atoms with Crippen LogP contribution >= 0.6 is 0 Å². The van der Waals surface area contributed by atoms with Crippen LogP contribution in [0.15, 0.2) is 24.3 Å². The van der Waals surface area contributed by atoms with Crippen LogP contribution < -0.4 is 5.73 Å². The van der Waals surface area contributed by atoms with Crippen LogP contribution in [0.25, 0.3) is 17.1 Å². The van der Waals surface area contributed by atoms with E-state index in [0.717, 1.165) is 48.1 Å². The lowest BCUT2D eigenvalue weighted by molar-refractivity contribution is -0.137. The number of aromatic amines is 1. The number of nitrogens with two attached hydrogens (primary N) is 1. The van der Waals surface area contributed by atoms with Crippen LogP contribution in [0.2, 0.25) is 0 Å². The average molecular weight is 299 g/mol. The Morgan fingerprint density at radius 1 is 1.45 bits per heavy atom. The highest BCUT2D eigenvalue weighted by molar-refractivity contribution is 5.88. The minimum atomic E-state index is -0.334. The summed E-state index contributed by atoms with van der Waals surface area (Å²) in [6, 6.07) is 5.85. The van der Waals surface area contributed by atoms with E-state index in [4.69, 9.17) is 10.5 Å². The topological polar surface area (TPSA) is 81.0 Å². The van der Waals surface area contributed by atoms with Crippen LogP contribution in [0.4, 0.5) is 0 Å². The predicted octanol–water partition coefficient (Wildman–Crippen LogP) is 2.87. The van der Waals surface area contributed by atoms with Gasteiger partial charge in [-0.3, -0.25) is 0 Å². The zero-order valence-corrected chi connectivity index (χ0v) is 12.8. The molecule has 0 spiro atoms. The van der Waals surface area contributed by atoms with Gasteiger partial charge >= 0.3 is 5.97 Å². The van der Waals surface area contributed by atoms with Crippen molar-refractivity contribution in [3.8, 4) is 0 Å². The Hall–Kier alpha value is -2.14. The SMILES string of the molecule is CCOC(=O)/C=C\c1ccc2nc(C3(N)CCCC3)[nH]c2c1. The van der Waals surface area contributed by atoms with E-state index in [0.29, 0.717) is 6.61 Å². The molecule has 0 amide bonds. The van der Waals surface area contributed by atoms with Gasteiger partial charge in [-0.1, -0.05) is 18.9 Å². The van der Waals surface area contributed by atoms with Crippen LogP contribution in [0.3, 0.4) is 0 Å². The van der Waals surface area contributed by atoms with Crippen LogP contribution in [-0.2, 0) is 15.1 Å². The molecule has 1 aromatic heterocycles. The third-order valence-electron chi connectivity index (χ3n) is 4.17. The molecule has 0 saturated heterocycles. The number of esters is 1. The molecule has 5 nitrogen and oxygen atoms in total. The second kappa shape index (κ2) is 5.93. The molecule has 0 atom stereocenters. The highest BCUT2D eigenvalue weighted by Gasteiger charge is 2.34. The number of fused-ring (bicyclic) bond motifs is 1. The van der Waals surface area contributed by atoms with Gasteiger partial charge in [0.25, 0.3) is 0 Å². The maximum absolute atomic E-state index is 11.4. The molecule has 116 valence electrons. The van der Waals surface area contributed by atoms with Crippen molar-refractivity contribution in [1.82, 2.24) is 9.97 Å². The van der Waals surface area contributed by atoms with E-state index in [-0.39, 0.29) is 11.5 Å².